The molecule has 0 aliphatic heterocycles. The number of hydrogen-bond donors (Lipinski definition) is 1. The van der Waals surface area contributed by atoms with Crippen molar-refractivity contribution in [2.75, 3.05) is 6.54 Å². The van der Waals surface area contributed by atoms with Crippen LogP contribution in [0.15, 0.2) is 10.6 Å². The van der Waals surface area contributed by atoms with E-state index >= 15 is 0 Å². The van der Waals surface area contributed by atoms with E-state index < -0.39 is 5.92 Å². The van der Waals surface area contributed by atoms with Gasteiger partial charge in [-0.2, -0.15) is 0 Å². The molecule has 1 aromatic rings. The minimum atomic E-state index is -2.47. The Morgan fingerprint density at radius 2 is 2.39 bits per heavy atom. The fraction of sp³-hybridized carbons (Fsp3) is 0.769. The lowest BCUT2D eigenvalue weighted by Gasteiger charge is -2.28. The maximum absolute atomic E-state index is 13.2. The van der Waals surface area contributed by atoms with Gasteiger partial charge in [-0.3, -0.25) is 0 Å². The number of halogens is 2. The van der Waals surface area contributed by atoms with Crippen LogP contribution in [0, 0.1) is 5.92 Å². The second-order valence-electron chi connectivity index (χ2n) is 5.02. The van der Waals surface area contributed by atoms with Gasteiger partial charge in [0.25, 0.3) is 0 Å². The van der Waals surface area contributed by atoms with E-state index in [1.165, 1.54) is 0 Å². The molecule has 3 nitrogen and oxygen atoms in total. The highest BCUT2D eigenvalue weighted by Crippen LogP contribution is 2.36. The molecule has 0 saturated heterocycles. The monoisotopic (exact) mass is 258 g/mol. The number of nitrogens with one attached hydrogen (secondary N) is 1. The second-order valence-corrected chi connectivity index (χ2v) is 5.02. The van der Waals surface area contributed by atoms with Crippen LogP contribution in [0.4, 0.5) is 8.78 Å². The largest absolute Gasteiger partial charge is 0.444 e. The number of rotatable bonds is 5. The molecule has 1 unspecified atom stereocenters. The van der Waals surface area contributed by atoms with Gasteiger partial charge < -0.3 is 9.73 Å². The standard InChI is InChI=1S/C13H20F2N2O/c1-2-11-8-17-12(18-11)9-16-7-10-4-3-5-13(14,15)6-10/h8,10,16H,2-7,9H2,1H3. The van der Waals surface area contributed by atoms with Crippen molar-refractivity contribution >= 4 is 0 Å². The van der Waals surface area contributed by atoms with Crippen molar-refractivity contribution < 1.29 is 13.2 Å². The second kappa shape index (κ2) is 5.78. The fourth-order valence-electron chi connectivity index (χ4n) is 2.43. The number of oxazole rings is 1. The van der Waals surface area contributed by atoms with Crippen LogP contribution in [0.3, 0.4) is 0 Å². The molecule has 0 radical (unpaired) electrons. The van der Waals surface area contributed by atoms with Gasteiger partial charge in [0, 0.05) is 19.3 Å². The molecule has 102 valence electrons. The molecule has 1 heterocycles. The smallest absolute Gasteiger partial charge is 0.248 e. The molecule has 2 rings (SSSR count). The Hall–Kier alpha value is -0.970. The summed E-state index contributed by atoms with van der Waals surface area (Å²) in [5.74, 6) is -0.914. The summed E-state index contributed by atoms with van der Waals surface area (Å²) >= 11 is 0. The first-order valence-corrected chi connectivity index (χ1v) is 6.61. The molecule has 0 spiro atoms. The summed E-state index contributed by atoms with van der Waals surface area (Å²) in [5, 5.41) is 3.16. The van der Waals surface area contributed by atoms with E-state index in [4.69, 9.17) is 4.42 Å². The van der Waals surface area contributed by atoms with Crippen LogP contribution in [-0.4, -0.2) is 17.5 Å². The van der Waals surface area contributed by atoms with Crippen molar-refractivity contribution in [3.05, 3.63) is 17.8 Å². The maximum atomic E-state index is 13.2. The number of alkyl halides is 2. The molecular formula is C13H20F2N2O. The first-order chi connectivity index (χ1) is 8.59. The van der Waals surface area contributed by atoms with Gasteiger partial charge in [-0.25, -0.2) is 13.8 Å². The van der Waals surface area contributed by atoms with Crippen molar-refractivity contribution in [1.82, 2.24) is 10.3 Å². The van der Waals surface area contributed by atoms with Gasteiger partial charge in [0.1, 0.15) is 5.76 Å². The third kappa shape index (κ3) is 3.77. The first-order valence-electron chi connectivity index (χ1n) is 6.61. The van der Waals surface area contributed by atoms with Crippen molar-refractivity contribution in [2.45, 2.75) is 51.5 Å². The number of hydrogen-bond acceptors (Lipinski definition) is 3. The lowest BCUT2D eigenvalue weighted by molar-refractivity contribution is -0.0520. The van der Waals surface area contributed by atoms with E-state index in [0.717, 1.165) is 18.6 Å². The van der Waals surface area contributed by atoms with Gasteiger partial charge in [0.05, 0.1) is 12.7 Å². The summed E-state index contributed by atoms with van der Waals surface area (Å²) in [6.07, 6.45) is 4.09. The highest BCUT2D eigenvalue weighted by molar-refractivity contribution is 4.93. The Morgan fingerprint density at radius 3 is 3.06 bits per heavy atom. The summed E-state index contributed by atoms with van der Waals surface area (Å²) in [4.78, 5) is 4.12. The summed E-state index contributed by atoms with van der Waals surface area (Å²) in [6, 6.07) is 0. The molecule has 1 saturated carbocycles. The normalized spacial score (nSPS) is 23.2. The van der Waals surface area contributed by atoms with E-state index in [2.05, 4.69) is 10.3 Å². The molecular weight excluding hydrogens is 238 g/mol. The Morgan fingerprint density at radius 1 is 1.56 bits per heavy atom. The van der Waals surface area contributed by atoms with E-state index in [-0.39, 0.29) is 18.8 Å². The predicted octanol–water partition coefficient (Wildman–Crippen LogP) is 3.15. The Bertz CT molecular complexity index is 379. The SMILES string of the molecule is CCc1cnc(CNCC2CCCC(F)(F)C2)o1. The predicted molar refractivity (Wildman–Crippen MR) is 64.5 cm³/mol. The molecule has 1 aliphatic carbocycles. The van der Waals surface area contributed by atoms with Crippen LogP contribution < -0.4 is 5.32 Å². The third-order valence-corrected chi connectivity index (χ3v) is 3.40. The van der Waals surface area contributed by atoms with Gasteiger partial charge in [0.2, 0.25) is 11.8 Å². The molecule has 1 aliphatic rings. The van der Waals surface area contributed by atoms with Crippen LogP contribution >= 0.6 is 0 Å². The third-order valence-electron chi connectivity index (χ3n) is 3.40. The summed E-state index contributed by atoms with van der Waals surface area (Å²) < 4.78 is 31.8. The molecule has 1 N–H and O–H groups in total. The summed E-state index contributed by atoms with van der Waals surface area (Å²) in [6.45, 7) is 3.13. The summed E-state index contributed by atoms with van der Waals surface area (Å²) in [5.41, 5.74) is 0. The van der Waals surface area contributed by atoms with Crippen molar-refractivity contribution in [2.24, 2.45) is 5.92 Å². The van der Waals surface area contributed by atoms with Gasteiger partial charge in [-0.05, 0) is 25.3 Å². The van der Waals surface area contributed by atoms with Crippen LogP contribution in [0.1, 0.15) is 44.3 Å². The van der Waals surface area contributed by atoms with Gasteiger partial charge in [-0.1, -0.05) is 6.92 Å². The molecule has 0 amide bonds. The fourth-order valence-corrected chi connectivity index (χ4v) is 2.43. The van der Waals surface area contributed by atoms with E-state index in [1.54, 1.807) is 6.20 Å². The van der Waals surface area contributed by atoms with Crippen molar-refractivity contribution in [3.63, 3.8) is 0 Å². The zero-order chi connectivity index (χ0) is 13.0. The molecule has 1 fully saturated rings. The minimum Gasteiger partial charge on any atom is -0.444 e. The minimum absolute atomic E-state index is 0.00575. The van der Waals surface area contributed by atoms with Crippen LogP contribution in [-0.2, 0) is 13.0 Å². The molecule has 0 aromatic carbocycles. The molecule has 1 atom stereocenters. The van der Waals surface area contributed by atoms with Crippen LogP contribution in [0.25, 0.3) is 0 Å². The summed E-state index contributed by atoms with van der Waals surface area (Å²) in [7, 11) is 0. The van der Waals surface area contributed by atoms with Crippen molar-refractivity contribution in [3.8, 4) is 0 Å². The highest BCUT2D eigenvalue weighted by Gasteiger charge is 2.35. The highest BCUT2D eigenvalue weighted by atomic mass is 19.3. The molecule has 18 heavy (non-hydrogen) atoms. The Labute approximate surface area is 106 Å². The lowest BCUT2D eigenvalue weighted by atomic mass is 9.86. The Kier molecular flexibility index (Phi) is 4.32. The van der Waals surface area contributed by atoms with Crippen molar-refractivity contribution in [1.29, 1.82) is 0 Å². The quantitative estimate of drug-likeness (QED) is 0.881. The molecule has 0 bridgehead atoms. The average molecular weight is 258 g/mol. The van der Waals surface area contributed by atoms with Gasteiger partial charge in [-0.15, -0.1) is 0 Å². The molecule has 5 heteroatoms. The van der Waals surface area contributed by atoms with Crippen LogP contribution in [0.5, 0.6) is 0 Å². The van der Waals surface area contributed by atoms with Gasteiger partial charge in [0.15, 0.2) is 0 Å². The van der Waals surface area contributed by atoms with E-state index in [1.807, 2.05) is 6.92 Å². The Balaban J connectivity index is 1.71. The first kappa shape index (κ1) is 13.5. The average Bonchev–Trinajstić information content (AvgIpc) is 2.76. The van der Waals surface area contributed by atoms with E-state index in [0.29, 0.717) is 25.4 Å². The number of aromatic nitrogens is 1. The lowest BCUT2D eigenvalue weighted by Crippen LogP contribution is -2.32. The number of nitrogens with zero attached hydrogens (tertiary/aromatic N) is 1. The maximum Gasteiger partial charge on any atom is 0.248 e. The van der Waals surface area contributed by atoms with Gasteiger partial charge >= 0.3 is 0 Å². The van der Waals surface area contributed by atoms with E-state index in [9.17, 15) is 8.78 Å². The molecule has 1 aromatic heterocycles. The van der Waals surface area contributed by atoms with Crippen LogP contribution in [0.2, 0.25) is 0 Å². The topological polar surface area (TPSA) is 38.1 Å². The zero-order valence-corrected chi connectivity index (χ0v) is 10.7. The zero-order valence-electron chi connectivity index (χ0n) is 10.7. The number of aryl methyl sites for hydroxylation is 1.